The molecular weight excluding hydrogens is 338 g/mol. The van der Waals surface area contributed by atoms with Crippen molar-refractivity contribution < 1.29 is 9.15 Å². The highest BCUT2D eigenvalue weighted by molar-refractivity contribution is 7.98. The number of para-hydroxylation sites is 1. The average Bonchev–Trinajstić information content (AvgIpc) is 2.93. The second kappa shape index (κ2) is 7.84. The van der Waals surface area contributed by atoms with Crippen LogP contribution in [0.3, 0.4) is 0 Å². The predicted octanol–water partition coefficient (Wildman–Crippen LogP) is 3.33. The van der Waals surface area contributed by atoms with E-state index in [9.17, 15) is 4.79 Å². The average molecular weight is 359 g/mol. The molecule has 0 radical (unpaired) electrons. The molecule has 0 atom stereocenters. The number of hydrogen-bond donors (Lipinski definition) is 0. The lowest BCUT2D eigenvalue weighted by Gasteiger charge is -2.12. The summed E-state index contributed by atoms with van der Waals surface area (Å²) in [5, 5.41) is 1.31. The number of hydrogen-bond acceptors (Lipinski definition) is 6. The highest BCUT2D eigenvalue weighted by Crippen LogP contribution is 2.23. The normalized spacial score (nSPS) is 11.3. The molecule has 1 aromatic carbocycles. The third-order valence-corrected chi connectivity index (χ3v) is 4.92. The SMILES string of the molecule is COCCCn1c(SCc2nc(C)c(C)o2)nc2ccccc2c1=O. The monoisotopic (exact) mass is 359 g/mol. The van der Waals surface area contributed by atoms with Gasteiger partial charge in [-0.15, -0.1) is 0 Å². The van der Waals surface area contributed by atoms with Crippen LogP contribution in [0.4, 0.5) is 0 Å². The number of rotatable bonds is 7. The molecule has 3 aromatic rings. The maximum atomic E-state index is 12.8. The van der Waals surface area contributed by atoms with Crippen molar-refractivity contribution in [2.24, 2.45) is 0 Å². The minimum Gasteiger partial charge on any atom is -0.445 e. The molecule has 0 saturated carbocycles. The van der Waals surface area contributed by atoms with Crippen LogP contribution in [0.1, 0.15) is 23.8 Å². The smallest absolute Gasteiger partial charge is 0.262 e. The molecule has 25 heavy (non-hydrogen) atoms. The van der Waals surface area contributed by atoms with E-state index >= 15 is 0 Å². The maximum absolute atomic E-state index is 12.8. The molecule has 0 fully saturated rings. The van der Waals surface area contributed by atoms with Gasteiger partial charge in [0.15, 0.2) is 5.16 Å². The summed E-state index contributed by atoms with van der Waals surface area (Å²) in [7, 11) is 1.66. The van der Waals surface area contributed by atoms with Crippen LogP contribution in [0, 0.1) is 13.8 Å². The molecule has 2 aromatic heterocycles. The minimum absolute atomic E-state index is 0.0241. The van der Waals surface area contributed by atoms with Gasteiger partial charge in [0, 0.05) is 20.3 Å². The highest BCUT2D eigenvalue weighted by atomic mass is 32.2. The first kappa shape index (κ1) is 17.7. The standard InChI is InChI=1S/C18H21N3O3S/c1-12-13(2)24-16(19-12)11-25-18-20-15-8-5-4-7-14(15)17(22)21(18)9-6-10-23-3/h4-5,7-8H,6,9-11H2,1-3H3. The zero-order chi connectivity index (χ0) is 17.8. The first-order chi connectivity index (χ1) is 12.1. The third kappa shape index (κ3) is 3.93. The lowest BCUT2D eigenvalue weighted by atomic mass is 10.2. The fourth-order valence-corrected chi connectivity index (χ4v) is 3.42. The lowest BCUT2D eigenvalue weighted by molar-refractivity contribution is 0.189. The molecule has 0 bridgehead atoms. The molecule has 0 N–H and O–H groups in total. The quantitative estimate of drug-likeness (QED) is 0.366. The lowest BCUT2D eigenvalue weighted by Crippen LogP contribution is -2.24. The van der Waals surface area contributed by atoms with E-state index in [-0.39, 0.29) is 5.56 Å². The molecule has 3 rings (SSSR count). The summed E-state index contributed by atoms with van der Waals surface area (Å²) in [6, 6.07) is 7.42. The summed E-state index contributed by atoms with van der Waals surface area (Å²) in [4.78, 5) is 21.9. The van der Waals surface area contributed by atoms with E-state index in [0.29, 0.717) is 40.9 Å². The number of methoxy groups -OCH3 is 1. The summed E-state index contributed by atoms with van der Waals surface area (Å²) in [5.41, 5.74) is 1.57. The molecule has 0 spiro atoms. The van der Waals surface area contributed by atoms with Crippen LogP contribution in [0.15, 0.2) is 38.6 Å². The molecule has 6 nitrogen and oxygen atoms in total. The minimum atomic E-state index is -0.0241. The number of fused-ring (bicyclic) bond motifs is 1. The molecule has 7 heteroatoms. The van der Waals surface area contributed by atoms with Gasteiger partial charge < -0.3 is 9.15 Å². The van der Waals surface area contributed by atoms with Gasteiger partial charge in [0.1, 0.15) is 5.76 Å². The maximum Gasteiger partial charge on any atom is 0.262 e. The number of ether oxygens (including phenoxy) is 1. The van der Waals surface area contributed by atoms with E-state index in [1.807, 2.05) is 38.1 Å². The zero-order valence-electron chi connectivity index (χ0n) is 14.6. The number of benzene rings is 1. The summed E-state index contributed by atoms with van der Waals surface area (Å²) in [6.45, 7) is 4.98. The highest BCUT2D eigenvalue weighted by Gasteiger charge is 2.13. The fraction of sp³-hybridized carbons (Fsp3) is 0.389. The van der Waals surface area contributed by atoms with Crippen molar-refractivity contribution in [3.05, 3.63) is 52.0 Å². The Labute approximate surface area is 150 Å². The van der Waals surface area contributed by atoms with Crippen LogP contribution in [0.5, 0.6) is 0 Å². The summed E-state index contributed by atoms with van der Waals surface area (Å²) in [5.74, 6) is 1.99. The number of thioether (sulfide) groups is 1. The van der Waals surface area contributed by atoms with Crippen LogP contribution < -0.4 is 5.56 Å². The molecule has 0 saturated heterocycles. The summed E-state index contributed by atoms with van der Waals surface area (Å²) in [6.07, 6.45) is 0.751. The van der Waals surface area contributed by atoms with Crippen molar-refractivity contribution in [3.63, 3.8) is 0 Å². The Balaban J connectivity index is 1.93. The molecular formula is C18H21N3O3S. The topological polar surface area (TPSA) is 70.2 Å². The van der Waals surface area contributed by atoms with Crippen molar-refractivity contribution in [3.8, 4) is 0 Å². The van der Waals surface area contributed by atoms with Gasteiger partial charge in [-0.1, -0.05) is 23.9 Å². The molecule has 0 unspecified atom stereocenters. The van der Waals surface area contributed by atoms with Crippen molar-refractivity contribution in [2.75, 3.05) is 13.7 Å². The van der Waals surface area contributed by atoms with E-state index in [1.54, 1.807) is 11.7 Å². The Bertz CT molecular complexity index is 913. The number of aryl methyl sites for hydroxylation is 2. The fourth-order valence-electron chi connectivity index (χ4n) is 2.55. The van der Waals surface area contributed by atoms with E-state index in [2.05, 4.69) is 9.97 Å². The van der Waals surface area contributed by atoms with Gasteiger partial charge in [-0.05, 0) is 32.4 Å². The van der Waals surface area contributed by atoms with Gasteiger partial charge >= 0.3 is 0 Å². The van der Waals surface area contributed by atoms with Crippen molar-refractivity contribution >= 4 is 22.7 Å². The Morgan fingerprint density at radius 3 is 2.76 bits per heavy atom. The van der Waals surface area contributed by atoms with Gasteiger partial charge in [0.2, 0.25) is 5.89 Å². The van der Waals surface area contributed by atoms with Gasteiger partial charge in [0.05, 0.1) is 22.3 Å². The van der Waals surface area contributed by atoms with Crippen LogP contribution in [0.2, 0.25) is 0 Å². The molecule has 132 valence electrons. The molecule has 0 aliphatic carbocycles. The van der Waals surface area contributed by atoms with Crippen LogP contribution >= 0.6 is 11.8 Å². The molecule has 0 aliphatic heterocycles. The Morgan fingerprint density at radius 1 is 1.24 bits per heavy atom. The molecule has 0 amide bonds. The largest absolute Gasteiger partial charge is 0.445 e. The second-order valence-electron chi connectivity index (χ2n) is 5.75. The van der Waals surface area contributed by atoms with Crippen molar-refractivity contribution in [2.45, 2.75) is 37.7 Å². The second-order valence-corrected chi connectivity index (χ2v) is 6.70. The van der Waals surface area contributed by atoms with E-state index in [4.69, 9.17) is 9.15 Å². The van der Waals surface area contributed by atoms with E-state index < -0.39 is 0 Å². The van der Waals surface area contributed by atoms with E-state index in [0.717, 1.165) is 17.9 Å². The Hall–Kier alpha value is -2.12. The Kier molecular flexibility index (Phi) is 5.55. The predicted molar refractivity (Wildman–Crippen MR) is 98.0 cm³/mol. The Morgan fingerprint density at radius 2 is 2.04 bits per heavy atom. The summed E-state index contributed by atoms with van der Waals surface area (Å²) < 4.78 is 12.5. The van der Waals surface area contributed by atoms with Gasteiger partial charge in [-0.25, -0.2) is 9.97 Å². The summed E-state index contributed by atoms with van der Waals surface area (Å²) >= 11 is 1.46. The van der Waals surface area contributed by atoms with E-state index in [1.165, 1.54) is 11.8 Å². The van der Waals surface area contributed by atoms with Crippen LogP contribution in [-0.2, 0) is 17.0 Å². The first-order valence-electron chi connectivity index (χ1n) is 8.14. The van der Waals surface area contributed by atoms with Crippen molar-refractivity contribution in [1.82, 2.24) is 14.5 Å². The van der Waals surface area contributed by atoms with Gasteiger partial charge in [-0.3, -0.25) is 9.36 Å². The first-order valence-corrected chi connectivity index (χ1v) is 9.13. The third-order valence-electron chi connectivity index (χ3n) is 3.95. The molecule has 0 aliphatic rings. The van der Waals surface area contributed by atoms with Gasteiger partial charge in [-0.2, -0.15) is 0 Å². The number of oxazole rings is 1. The zero-order valence-corrected chi connectivity index (χ0v) is 15.4. The van der Waals surface area contributed by atoms with Crippen molar-refractivity contribution in [1.29, 1.82) is 0 Å². The number of aromatic nitrogens is 3. The van der Waals surface area contributed by atoms with Gasteiger partial charge in [0.25, 0.3) is 5.56 Å². The molecule has 2 heterocycles. The van der Waals surface area contributed by atoms with Crippen LogP contribution in [0.25, 0.3) is 10.9 Å². The number of nitrogens with zero attached hydrogens (tertiary/aromatic N) is 3. The van der Waals surface area contributed by atoms with Crippen LogP contribution in [-0.4, -0.2) is 28.3 Å².